The molecule has 1 N–H and O–H groups in total. The summed E-state index contributed by atoms with van der Waals surface area (Å²) < 4.78 is 13.5. The molecule has 0 saturated heterocycles. The molecule has 4 aromatic heterocycles. The molecule has 0 radical (unpaired) electrons. The first-order valence-corrected chi connectivity index (χ1v) is 12.1. The lowest BCUT2D eigenvalue weighted by Crippen LogP contribution is -2.29. The van der Waals surface area contributed by atoms with Gasteiger partial charge in [-0.15, -0.1) is 5.10 Å². The van der Waals surface area contributed by atoms with Gasteiger partial charge in [0, 0.05) is 36.5 Å². The van der Waals surface area contributed by atoms with Crippen molar-refractivity contribution in [3.05, 3.63) is 53.7 Å². The molecule has 4 heterocycles. The highest BCUT2D eigenvalue weighted by atomic mass is 16.5. The number of fused-ring (bicyclic) bond motifs is 1. The van der Waals surface area contributed by atoms with E-state index in [4.69, 9.17) is 9.47 Å². The molecular formula is C26H29N7O3. The van der Waals surface area contributed by atoms with Crippen molar-refractivity contribution in [3.8, 4) is 17.0 Å². The molecule has 186 valence electrons. The zero-order valence-corrected chi connectivity index (χ0v) is 20.9. The van der Waals surface area contributed by atoms with Crippen LogP contribution < -0.4 is 10.1 Å². The Balaban J connectivity index is 1.37. The van der Waals surface area contributed by atoms with Crippen LogP contribution in [0.15, 0.2) is 36.5 Å². The van der Waals surface area contributed by atoms with Gasteiger partial charge in [-0.2, -0.15) is 10.2 Å². The van der Waals surface area contributed by atoms with Crippen LogP contribution in [0.25, 0.3) is 16.6 Å². The standard InChI is InChI=1S/C26H29N7O3/c1-15-12-24(28-17(3)27-15)29-25-14-20-13-19(9-10-33(20)32-25)23-11-16(2)30-31-26(23)36-22-7-5-21(6-8-22)35-18(4)34/h9-14,21-22H,5-8H2,1-4H3,(H,27,28,29,32). The molecule has 4 aromatic rings. The lowest BCUT2D eigenvalue weighted by atomic mass is 9.95. The minimum absolute atomic E-state index is 0.00170. The first-order chi connectivity index (χ1) is 17.3. The summed E-state index contributed by atoms with van der Waals surface area (Å²) in [6, 6.07) is 9.88. The van der Waals surface area contributed by atoms with Crippen molar-refractivity contribution < 1.29 is 14.3 Å². The zero-order chi connectivity index (χ0) is 25.2. The van der Waals surface area contributed by atoms with Crippen LogP contribution in [0, 0.1) is 20.8 Å². The number of carbonyl (C=O) groups excluding carboxylic acids is 1. The van der Waals surface area contributed by atoms with Gasteiger partial charge in [0.25, 0.3) is 0 Å². The van der Waals surface area contributed by atoms with Crippen LogP contribution in [0.3, 0.4) is 0 Å². The SMILES string of the molecule is CC(=O)OC1CCC(Oc2nnc(C)cc2-c2ccn3nc(Nc4cc(C)nc(C)n4)cc3c2)CC1. The molecule has 1 aliphatic carbocycles. The second-order valence-electron chi connectivity index (χ2n) is 9.21. The molecule has 10 heteroatoms. The van der Waals surface area contributed by atoms with Crippen molar-refractivity contribution in [3.63, 3.8) is 0 Å². The van der Waals surface area contributed by atoms with Crippen molar-refractivity contribution >= 4 is 23.1 Å². The second kappa shape index (κ2) is 9.88. The fraction of sp³-hybridized carbons (Fsp3) is 0.385. The van der Waals surface area contributed by atoms with E-state index in [0.29, 0.717) is 23.3 Å². The third-order valence-corrected chi connectivity index (χ3v) is 6.11. The molecule has 0 aliphatic heterocycles. The normalized spacial score (nSPS) is 17.7. The molecule has 1 aliphatic rings. The van der Waals surface area contributed by atoms with Crippen molar-refractivity contribution in [2.24, 2.45) is 0 Å². The number of nitrogens with zero attached hydrogens (tertiary/aromatic N) is 6. The average molecular weight is 488 g/mol. The molecule has 10 nitrogen and oxygen atoms in total. The molecule has 1 saturated carbocycles. The average Bonchev–Trinajstić information content (AvgIpc) is 3.22. The van der Waals surface area contributed by atoms with Gasteiger partial charge in [0.2, 0.25) is 5.88 Å². The van der Waals surface area contributed by atoms with Gasteiger partial charge in [0.05, 0.1) is 11.2 Å². The Morgan fingerprint density at radius 1 is 0.944 bits per heavy atom. The number of esters is 1. The lowest BCUT2D eigenvalue weighted by Gasteiger charge is -2.28. The van der Waals surface area contributed by atoms with Crippen LogP contribution in [0.5, 0.6) is 5.88 Å². The summed E-state index contributed by atoms with van der Waals surface area (Å²) in [7, 11) is 0. The van der Waals surface area contributed by atoms with Crippen molar-refractivity contribution in [2.75, 3.05) is 5.32 Å². The smallest absolute Gasteiger partial charge is 0.302 e. The molecule has 0 atom stereocenters. The minimum Gasteiger partial charge on any atom is -0.473 e. The largest absolute Gasteiger partial charge is 0.473 e. The second-order valence-corrected chi connectivity index (χ2v) is 9.21. The maximum Gasteiger partial charge on any atom is 0.302 e. The number of ether oxygens (including phenoxy) is 2. The Hall–Kier alpha value is -4.08. The summed E-state index contributed by atoms with van der Waals surface area (Å²) in [6.07, 6.45) is 5.03. The van der Waals surface area contributed by atoms with Crippen LogP contribution >= 0.6 is 0 Å². The van der Waals surface area contributed by atoms with Crippen LogP contribution in [-0.2, 0) is 9.53 Å². The first kappa shape index (κ1) is 23.7. The number of aromatic nitrogens is 6. The molecule has 5 rings (SSSR count). The van der Waals surface area contributed by atoms with Crippen LogP contribution in [0.2, 0.25) is 0 Å². The van der Waals surface area contributed by atoms with E-state index >= 15 is 0 Å². The number of carbonyl (C=O) groups is 1. The Kier molecular flexibility index (Phi) is 6.49. The maximum absolute atomic E-state index is 11.2. The fourth-order valence-corrected chi connectivity index (χ4v) is 4.57. The Morgan fingerprint density at radius 2 is 1.72 bits per heavy atom. The molecule has 0 amide bonds. The van der Waals surface area contributed by atoms with Gasteiger partial charge in [-0.05, 0) is 70.2 Å². The monoisotopic (exact) mass is 487 g/mol. The first-order valence-electron chi connectivity index (χ1n) is 12.1. The van der Waals surface area contributed by atoms with Gasteiger partial charge in [-0.3, -0.25) is 4.79 Å². The number of aryl methyl sites for hydroxylation is 3. The molecule has 36 heavy (non-hydrogen) atoms. The Labute approximate surface area is 209 Å². The summed E-state index contributed by atoms with van der Waals surface area (Å²) in [4.78, 5) is 20.0. The van der Waals surface area contributed by atoms with Gasteiger partial charge >= 0.3 is 5.97 Å². The maximum atomic E-state index is 11.2. The fourth-order valence-electron chi connectivity index (χ4n) is 4.57. The highest BCUT2D eigenvalue weighted by Crippen LogP contribution is 2.33. The van der Waals surface area contributed by atoms with E-state index in [1.54, 1.807) is 0 Å². The van der Waals surface area contributed by atoms with E-state index in [9.17, 15) is 4.79 Å². The third kappa shape index (κ3) is 5.42. The number of hydrogen-bond acceptors (Lipinski definition) is 9. The van der Waals surface area contributed by atoms with Crippen LogP contribution in [0.4, 0.5) is 11.6 Å². The predicted octanol–water partition coefficient (Wildman–Crippen LogP) is 4.50. The molecule has 0 aromatic carbocycles. The highest BCUT2D eigenvalue weighted by Gasteiger charge is 2.25. The highest BCUT2D eigenvalue weighted by molar-refractivity contribution is 5.74. The van der Waals surface area contributed by atoms with E-state index in [2.05, 4.69) is 36.6 Å². The van der Waals surface area contributed by atoms with Gasteiger partial charge in [-0.25, -0.2) is 14.5 Å². The van der Waals surface area contributed by atoms with Gasteiger partial charge < -0.3 is 14.8 Å². The molecule has 0 spiro atoms. The van der Waals surface area contributed by atoms with Crippen LogP contribution in [0.1, 0.15) is 49.8 Å². The van der Waals surface area contributed by atoms with E-state index < -0.39 is 0 Å². The quantitative estimate of drug-likeness (QED) is 0.392. The molecule has 1 fully saturated rings. The minimum atomic E-state index is -0.234. The zero-order valence-electron chi connectivity index (χ0n) is 20.9. The summed E-state index contributed by atoms with van der Waals surface area (Å²) in [5, 5.41) is 16.5. The van der Waals surface area contributed by atoms with E-state index in [0.717, 1.165) is 53.7 Å². The van der Waals surface area contributed by atoms with E-state index in [1.165, 1.54) is 6.92 Å². The number of pyridine rings is 1. The Bertz CT molecular complexity index is 1390. The topological polar surface area (TPSA) is 116 Å². The van der Waals surface area contributed by atoms with Crippen LogP contribution in [-0.4, -0.2) is 48.0 Å². The van der Waals surface area contributed by atoms with Gasteiger partial charge in [0.1, 0.15) is 23.9 Å². The number of hydrogen-bond donors (Lipinski definition) is 1. The van der Waals surface area contributed by atoms with E-state index in [1.807, 2.05) is 55.7 Å². The number of nitrogens with one attached hydrogen (secondary N) is 1. The summed E-state index contributed by atoms with van der Waals surface area (Å²) in [5.41, 5.74) is 4.46. The molecular weight excluding hydrogens is 458 g/mol. The predicted molar refractivity (Wildman–Crippen MR) is 134 cm³/mol. The molecule has 0 unspecified atom stereocenters. The summed E-state index contributed by atoms with van der Waals surface area (Å²) in [5.74, 6) is 2.37. The number of anilines is 2. The summed E-state index contributed by atoms with van der Waals surface area (Å²) in [6.45, 7) is 7.16. The Morgan fingerprint density at radius 3 is 2.47 bits per heavy atom. The van der Waals surface area contributed by atoms with Gasteiger partial charge in [0.15, 0.2) is 5.82 Å². The van der Waals surface area contributed by atoms with Gasteiger partial charge in [-0.1, -0.05) is 0 Å². The van der Waals surface area contributed by atoms with Crippen molar-refractivity contribution in [1.82, 2.24) is 29.8 Å². The summed E-state index contributed by atoms with van der Waals surface area (Å²) >= 11 is 0. The van der Waals surface area contributed by atoms with E-state index in [-0.39, 0.29) is 18.2 Å². The number of rotatable bonds is 6. The van der Waals surface area contributed by atoms with Crippen molar-refractivity contribution in [1.29, 1.82) is 0 Å². The molecule has 0 bridgehead atoms. The van der Waals surface area contributed by atoms with Crippen molar-refractivity contribution in [2.45, 2.75) is 65.6 Å². The third-order valence-electron chi connectivity index (χ3n) is 6.11. The lowest BCUT2D eigenvalue weighted by molar-refractivity contribution is -0.148.